The predicted octanol–water partition coefficient (Wildman–Crippen LogP) is 4.16. The Kier molecular flexibility index (Phi) is 7.28. The monoisotopic (exact) mass is 499 g/mol. The topological polar surface area (TPSA) is 112 Å². The van der Waals surface area contributed by atoms with Crippen molar-refractivity contribution in [1.82, 2.24) is 15.3 Å². The highest BCUT2D eigenvalue weighted by Gasteiger charge is 2.32. The Labute approximate surface area is 188 Å². The molecule has 14 heteroatoms. The quantitative estimate of drug-likeness (QED) is 0.364. The Hall–Kier alpha value is -2.31. The molecule has 0 spiro atoms. The molecule has 0 saturated heterocycles. The molecule has 0 radical (unpaired) electrons. The van der Waals surface area contributed by atoms with E-state index in [1.54, 1.807) is 20.8 Å². The number of rotatable bonds is 2. The number of nitrogens with one attached hydrogen (secondary N) is 1. The van der Waals surface area contributed by atoms with Gasteiger partial charge in [-0.3, -0.25) is 4.21 Å². The van der Waals surface area contributed by atoms with E-state index >= 15 is 0 Å². The molecule has 0 aliphatic rings. The van der Waals surface area contributed by atoms with E-state index in [0.717, 1.165) is 4.68 Å². The van der Waals surface area contributed by atoms with Gasteiger partial charge in [0, 0.05) is 6.26 Å². The Balaban J connectivity index is 2.59. The third kappa shape index (κ3) is 5.89. The van der Waals surface area contributed by atoms with Gasteiger partial charge in [0.25, 0.3) is 5.96 Å². The molecule has 1 heterocycles. The average Bonchev–Trinajstić information content (AvgIpc) is 3.00. The molecule has 2 rings (SSSR count). The summed E-state index contributed by atoms with van der Waals surface area (Å²) >= 11 is 11.9. The molecule has 1 atom stereocenters. The summed E-state index contributed by atoms with van der Waals surface area (Å²) in [5.41, 5.74) is 5.97. The maximum absolute atomic E-state index is 13.0. The maximum Gasteiger partial charge on any atom is 0.416 e. The summed E-state index contributed by atoms with van der Waals surface area (Å²) in [6.45, 7) is 4.79. The van der Waals surface area contributed by atoms with Crippen LogP contribution in [0.2, 0.25) is 10.0 Å². The fourth-order valence-corrected chi connectivity index (χ4v) is 3.18. The number of anilines is 1. The molecular formula is C17H18Cl2F3N5O3S. The molecule has 1 unspecified atom stereocenters. The van der Waals surface area contributed by atoms with Gasteiger partial charge in [0.15, 0.2) is 0 Å². The summed E-state index contributed by atoms with van der Waals surface area (Å²) in [7, 11) is -1.51. The molecular weight excluding hydrogens is 482 g/mol. The van der Waals surface area contributed by atoms with Crippen molar-refractivity contribution in [2.24, 2.45) is 10.4 Å². The number of aromatic nitrogens is 2. The summed E-state index contributed by atoms with van der Waals surface area (Å²) in [6, 6.07) is 1.29. The molecule has 0 amide bonds. The zero-order valence-electron chi connectivity index (χ0n) is 16.7. The van der Waals surface area contributed by atoms with Gasteiger partial charge in [0.2, 0.25) is 0 Å². The van der Waals surface area contributed by atoms with Crippen LogP contribution in [-0.4, -0.2) is 32.2 Å². The summed E-state index contributed by atoms with van der Waals surface area (Å²) in [6.07, 6.45) is -2.11. The van der Waals surface area contributed by atoms with Gasteiger partial charge in [-0.2, -0.15) is 28.4 Å². The van der Waals surface area contributed by atoms with Crippen molar-refractivity contribution < 1.29 is 27.0 Å². The maximum atomic E-state index is 13.0. The Bertz CT molecular complexity index is 1040. The lowest BCUT2D eigenvalue weighted by atomic mass is 9.98. The molecule has 3 N–H and O–H groups in total. The van der Waals surface area contributed by atoms with E-state index in [1.165, 1.54) is 12.5 Å². The number of aliphatic imine (C=N–C) groups is 1. The summed E-state index contributed by atoms with van der Waals surface area (Å²) in [5, 5.41) is 3.09. The molecule has 31 heavy (non-hydrogen) atoms. The van der Waals surface area contributed by atoms with Crippen molar-refractivity contribution in [3.63, 3.8) is 0 Å². The smallest absolute Gasteiger partial charge is 0.382 e. The number of hydrogen-bond donors (Lipinski definition) is 2. The molecule has 0 saturated carbocycles. The number of benzene rings is 1. The summed E-state index contributed by atoms with van der Waals surface area (Å²) < 4.78 is 51.7. The fraction of sp³-hybridized carbons (Fsp3) is 0.353. The average molecular weight is 500 g/mol. The van der Waals surface area contributed by atoms with Gasteiger partial charge in [0.1, 0.15) is 16.4 Å². The highest BCUT2D eigenvalue weighted by molar-refractivity contribution is 7.84. The van der Waals surface area contributed by atoms with Crippen molar-refractivity contribution in [1.29, 1.82) is 0 Å². The minimum absolute atomic E-state index is 0.113. The molecule has 1 aromatic heterocycles. The molecule has 8 nitrogen and oxygen atoms in total. The van der Waals surface area contributed by atoms with Crippen LogP contribution in [0.1, 0.15) is 26.3 Å². The van der Waals surface area contributed by atoms with Crippen LogP contribution in [0.5, 0.6) is 0 Å². The Morgan fingerprint density at radius 2 is 1.81 bits per heavy atom. The molecule has 0 fully saturated rings. The molecule has 170 valence electrons. The lowest BCUT2D eigenvalue weighted by Gasteiger charge is -2.18. The van der Waals surface area contributed by atoms with Crippen molar-refractivity contribution in [3.05, 3.63) is 33.9 Å². The van der Waals surface area contributed by atoms with E-state index in [4.69, 9.17) is 33.8 Å². The predicted molar refractivity (Wildman–Crippen MR) is 112 cm³/mol. The van der Waals surface area contributed by atoms with Crippen molar-refractivity contribution in [2.45, 2.75) is 31.8 Å². The van der Waals surface area contributed by atoms with E-state index in [9.17, 15) is 22.2 Å². The van der Waals surface area contributed by atoms with Crippen LogP contribution in [0, 0.1) is 5.41 Å². The highest BCUT2D eigenvalue weighted by Crippen LogP contribution is 2.40. The number of nitrogen functional groups attached to an aromatic ring is 1. The number of nitrogens with zero attached hydrogens (tertiary/aromatic N) is 3. The number of carbonyl (C=O) groups is 1. The Morgan fingerprint density at radius 3 is 2.23 bits per heavy atom. The minimum atomic E-state index is -4.68. The van der Waals surface area contributed by atoms with Gasteiger partial charge in [-0.15, -0.1) is 0 Å². The molecule has 0 aliphatic carbocycles. The van der Waals surface area contributed by atoms with Crippen LogP contribution in [0.25, 0.3) is 0 Å². The lowest BCUT2D eigenvalue weighted by molar-refractivity contribution is -0.157. The number of halogens is 5. The second-order valence-corrected chi connectivity index (χ2v) is 9.39. The van der Waals surface area contributed by atoms with Gasteiger partial charge in [-0.05, 0) is 32.9 Å². The van der Waals surface area contributed by atoms with Gasteiger partial charge in [-0.25, -0.2) is 9.79 Å². The van der Waals surface area contributed by atoms with E-state index < -0.39 is 44.0 Å². The fourth-order valence-electron chi connectivity index (χ4n) is 2.03. The van der Waals surface area contributed by atoms with Crippen LogP contribution >= 0.6 is 23.2 Å². The highest BCUT2D eigenvalue weighted by atomic mass is 35.5. The first kappa shape index (κ1) is 25.0. The van der Waals surface area contributed by atoms with Crippen LogP contribution < -0.4 is 11.2 Å². The minimum Gasteiger partial charge on any atom is -0.382 e. The van der Waals surface area contributed by atoms with E-state index in [0.29, 0.717) is 12.1 Å². The standard InChI is InChI=1S/C17H18Cl2F3N5O3S/c1-16(2,3)14(28)30-26-15(27-13(23)11(7-24-27)31(4)29)25-12-9(18)5-8(6-10(12)19)17(20,21)22/h5-7H,23H2,1-4H3,(H,25,26). The van der Waals surface area contributed by atoms with Crippen LogP contribution in [-0.2, 0) is 26.6 Å². The second kappa shape index (κ2) is 9.05. The van der Waals surface area contributed by atoms with Gasteiger partial charge in [-0.1, -0.05) is 23.2 Å². The third-order valence-corrected chi connectivity index (χ3v) is 5.20. The zero-order valence-corrected chi connectivity index (χ0v) is 19.0. The Morgan fingerprint density at radius 1 is 1.26 bits per heavy atom. The van der Waals surface area contributed by atoms with Crippen LogP contribution in [0.3, 0.4) is 0 Å². The molecule has 0 aliphatic heterocycles. The first-order valence-electron chi connectivity index (χ1n) is 8.42. The first-order valence-corrected chi connectivity index (χ1v) is 10.7. The second-order valence-electron chi connectivity index (χ2n) is 7.22. The number of nitrogens with two attached hydrogens (primary N) is 1. The van der Waals surface area contributed by atoms with Crippen LogP contribution in [0.4, 0.5) is 24.7 Å². The molecule has 2 aromatic rings. The number of hydrogen-bond acceptors (Lipinski definition) is 6. The van der Waals surface area contributed by atoms with E-state index in [2.05, 4.69) is 15.6 Å². The molecule has 1 aromatic carbocycles. The first-order chi connectivity index (χ1) is 14.1. The zero-order chi connectivity index (χ0) is 23.7. The van der Waals surface area contributed by atoms with E-state index in [-0.39, 0.29) is 22.4 Å². The van der Waals surface area contributed by atoms with Crippen LogP contribution in [0.15, 0.2) is 28.2 Å². The lowest BCUT2D eigenvalue weighted by Crippen LogP contribution is -2.37. The van der Waals surface area contributed by atoms with Gasteiger partial charge < -0.3 is 10.6 Å². The summed E-state index contributed by atoms with van der Waals surface area (Å²) in [4.78, 5) is 21.3. The van der Waals surface area contributed by atoms with Crippen molar-refractivity contribution in [2.75, 3.05) is 12.0 Å². The van der Waals surface area contributed by atoms with Gasteiger partial charge in [0.05, 0.1) is 38.0 Å². The SMILES string of the molecule is CS(=O)c1cnn(C(=Nc2c(Cl)cc(C(F)(F)F)cc2Cl)NOC(=O)C(C)(C)C)c1N. The number of carbonyl (C=O) groups excluding carboxylic acids is 1. The van der Waals surface area contributed by atoms with E-state index in [1.807, 2.05) is 0 Å². The number of hydroxylamine groups is 1. The van der Waals surface area contributed by atoms with Crippen molar-refractivity contribution >= 4 is 57.4 Å². The normalized spacial score (nSPS) is 13.8. The van der Waals surface area contributed by atoms with Gasteiger partial charge >= 0.3 is 12.1 Å². The van der Waals surface area contributed by atoms with Crippen molar-refractivity contribution in [3.8, 4) is 0 Å². The summed E-state index contributed by atoms with van der Waals surface area (Å²) in [5.74, 6) is -1.15. The number of alkyl halides is 3. The third-order valence-electron chi connectivity index (χ3n) is 3.69. The largest absolute Gasteiger partial charge is 0.416 e. The molecule has 0 bridgehead atoms.